The van der Waals surface area contributed by atoms with Gasteiger partial charge in [-0.05, 0) is 6.08 Å². The summed E-state index contributed by atoms with van der Waals surface area (Å²) in [7, 11) is 0. The largest absolute Gasteiger partial charge is 0.352 e. The predicted octanol–water partition coefficient (Wildman–Crippen LogP) is 0.537. The van der Waals surface area contributed by atoms with Crippen molar-refractivity contribution < 1.29 is 4.79 Å². The number of allylic oxidation sites excluding steroid dienone is 2. The Morgan fingerprint density at radius 2 is 1.89 bits per heavy atom. The first-order valence-corrected chi connectivity index (χ1v) is 2.17. The Balaban J connectivity index is 0. The molecule has 50 valence electrons. The molecule has 3 heteroatoms. The zero-order valence-corrected chi connectivity index (χ0v) is 5.13. The van der Waals surface area contributed by atoms with Crippen LogP contribution in [0.5, 0.6) is 0 Å². The Hall–Kier alpha value is -1.47. The van der Waals surface area contributed by atoms with E-state index in [1.165, 1.54) is 0 Å². The van der Waals surface area contributed by atoms with Crippen molar-refractivity contribution in [3.8, 4) is 0 Å². The first-order valence-electron chi connectivity index (χ1n) is 2.17. The molecule has 0 aliphatic rings. The molecule has 0 saturated heterocycles. The van der Waals surface area contributed by atoms with Gasteiger partial charge < -0.3 is 11.5 Å². The highest BCUT2D eigenvalue weighted by atomic mass is 16.2. The van der Waals surface area contributed by atoms with Crippen LogP contribution in [0.3, 0.4) is 0 Å². The van der Waals surface area contributed by atoms with Crippen molar-refractivity contribution in [2.24, 2.45) is 11.5 Å². The Morgan fingerprint density at radius 3 is 1.89 bits per heavy atom. The van der Waals surface area contributed by atoms with Gasteiger partial charge in [-0.3, -0.25) is 0 Å². The van der Waals surface area contributed by atoms with Crippen molar-refractivity contribution >= 4 is 6.03 Å². The molecule has 2 amide bonds. The van der Waals surface area contributed by atoms with E-state index in [0.29, 0.717) is 0 Å². The molecular weight excluding hydrogens is 116 g/mol. The molecule has 0 rings (SSSR count). The zero-order chi connectivity index (χ0) is 7.70. The number of carbonyl (C=O) groups is 1. The van der Waals surface area contributed by atoms with E-state index in [-0.39, 0.29) is 0 Å². The number of urea groups is 1. The second-order valence-electron chi connectivity index (χ2n) is 1.01. The minimum atomic E-state index is -0.833. The summed E-state index contributed by atoms with van der Waals surface area (Å²) < 4.78 is 0. The SMILES string of the molecule is C=C=CC=C.NC(N)=O. The average Bonchev–Trinajstić information content (AvgIpc) is 1.66. The molecule has 9 heavy (non-hydrogen) atoms. The maximum absolute atomic E-state index is 9.00. The topological polar surface area (TPSA) is 69.1 Å². The van der Waals surface area contributed by atoms with E-state index in [1.54, 1.807) is 12.2 Å². The Kier molecular flexibility index (Phi) is 11.4. The fraction of sp³-hybridized carbons (Fsp3) is 0. The highest BCUT2D eigenvalue weighted by Crippen LogP contribution is 1.57. The molecule has 0 heterocycles. The third kappa shape index (κ3) is 477. The zero-order valence-electron chi connectivity index (χ0n) is 5.13. The lowest BCUT2D eigenvalue weighted by Crippen LogP contribution is -2.18. The smallest absolute Gasteiger partial charge is 0.309 e. The third-order valence-electron chi connectivity index (χ3n) is 0.236. The van der Waals surface area contributed by atoms with Gasteiger partial charge in [0, 0.05) is 0 Å². The molecule has 0 fully saturated rings. The van der Waals surface area contributed by atoms with Crippen molar-refractivity contribution in [3.63, 3.8) is 0 Å². The molecule has 0 aromatic rings. The number of amides is 2. The number of carbonyl (C=O) groups excluding carboxylic acids is 1. The van der Waals surface area contributed by atoms with Crippen molar-refractivity contribution in [2.45, 2.75) is 0 Å². The van der Waals surface area contributed by atoms with Crippen LogP contribution in [0.1, 0.15) is 0 Å². The molecule has 0 aliphatic carbocycles. The maximum Gasteiger partial charge on any atom is 0.309 e. The Labute approximate surface area is 54.3 Å². The first-order chi connectivity index (χ1) is 4.15. The maximum atomic E-state index is 9.00. The standard InChI is InChI=1S/C5H6.CH4N2O/c1-3-5-4-2;2-1(3)4/h3,5H,1-2H2;(H4,2,3,4). The first kappa shape index (κ1) is 10.5. The summed E-state index contributed by atoms with van der Waals surface area (Å²) in [4.78, 5) is 9.00. The Bertz CT molecular complexity index is 130. The highest BCUT2D eigenvalue weighted by molar-refractivity contribution is 5.69. The van der Waals surface area contributed by atoms with E-state index >= 15 is 0 Å². The Morgan fingerprint density at radius 1 is 1.56 bits per heavy atom. The van der Waals surface area contributed by atoms with Crippen LogP contribution >= 0.6 is 0 Å². The van der Waals surface area contributed by atoms with Crippen LogP contribution in [-0.4, -0.2) is 6.03 Å². The molecule has 0 bridgehead atoms. The molecule has 0 aromatic heterocycles. The van der Waals surface area contributed by atoms with Crippen LogP contribution in [0.15, 0.2) is 31.0 Å². The van der Waals surface area contributed by atoms with Crippen molar-refractivity contribution in [2.75, 3.05) is 0 Å². The van der Waals surface area contributed by atoms with Gasteiger partial charge in [0.15, 0.2) is 0 Å². The number of rotatable bonds is 1. The quantitative estimate of drug-likeness (QED) is 0.390. The lowest BCUT2D eigenvalue weighted by Gasteiger charge is -1.62. The molecule has 0 aliphatic heterocycles. The van der Waals surface area contributed by atoms with Gasteiger partial charge in [0.2, 0.25) is 0 Å². The van der Waals surface area contributed by atoms with Gasteiger partial charge in [-0.2, -0.15) is 0 Å². The van der Waals surface area contributed by atoms with Crippen molar-refractivity contribution in [1.82, 2.24) is 0 Å². The van der Waals surface area contributed by atoms with Crippen LogP contribution in [0.4, 0.5) is 4.79 Å². The molecule has 0 radical (unpaired) electrons. The summed E-state index contributed by atoms with van der Waals surface area (Å²) in [6, 6.07) is -0.833. The number of nitrogens with two attached hydrogens (primary N) is 2. The van der Waals surface area contributed by atoms with Gasteiger partial charge in [0.25, 0.3) is 0 Å². The number of hydrogen-bond donors (Lipinski definition) is 2. The summed E-state index contributed by atoms with van der Waals surface area (Å²) >= 11 is 0. The van der Waals surface area contributed by atoms with E-state index < -0.39 is 6.03 Å². The molecule has 0 aromatic carbocycles. The molecule has 4 N–H and O–H groups in total. The van der Waals surface area contributed by atoms with Crippen LogP contribution < -0.4 is 11.5 Å². The highest BCUT2D eigenvalue weighted by Gasteiger charge is 1.60. The summed E-state index contributed by atoms with van der Waals surface area (Å²) in [5.74, 6) is 0. The minimum Gasteiger partial charge on any atom is -0.352 e. The minimum absolute atomic E-state index is 0.833. The number of hydrogen-bond acceptors (Lipinski definition) is 1. The summed E-state index contributed by atoms with van der Waals surface area (Å²) in [6.45, 7) is 6.69. The fourth-order valence-corrected chi connectivity index (χ4v) is 0.0833. The molecular formula is C6H10N2O. The van der Waals surface area contributed by atoms with Gasteiger partial charge in [0.05, 0.1) is 0 Å². The summed E-state index contributed by atoms with van der Waals surface area (Å²) in [6.07, 6.45) is 3.28. The van der Waals surface area contributed by atoms with Gasteiger partial charge in [-0.25, -0.2) is 4.79 Å². The van der Waals surface area contributed by atoms with Crippen LogP contribution in [0.2, 0.25) is 0 Å². The van der Waals surface area contributed by atoms with Crippen molar-refractivity contribution in [1.29, 1.82) is 0 Å². The van der Waals surface area contributed by atoms with E-state index in [1.807, 2.05) is 0 Å². The predicted molar refractivity (Wildman–Crippen MR) is 37.7 cm³/mol. The second kappa shape index (κ2) is 9.73. The van der Waals surface area contributed by atoms with E-state index in [9.17, 15) is 0 Å². The van der Waals surface area contributed by atoms with Gasteiger partial charge in [-0.1, -0.05) is 19.2 Å². The molecule has 3 nitrogen and oxygen atoms in total. The third-order valence-corrected chi connectivity index (χ3v) is 0.236. The van der Waals surface area contributed by atoms with Gasteiger partial charge >= 0.3 is 6.03 Å². The lowest BCUT2D eigenvalue weighted by atomic mass is 10.6. The van der Waals surface area contributed by atoms with Crippen LogP contribution in [-0.2, 0) is 0 Å². The summed E-state index contributed by atoms with van der Waals surface area (Å²) in [5.41, 5.74) is 11.0. The summed E-state index contributed by atoms with van der Waals surface area (Å²) in [5, 5.41) is 0. The fourth-order valence-electron chi connectivity index (χ4n) is 0.0833. The normalized spacial score (nSPS) is 5.33. The number of primary amides is 2. The van der Waals surface area contributed by atoms with E-state index in [2.05, 4.69) is 30.4 Å². The molecule has 0 unspecified atom stereocenters. The van der Waals surface area contributed by atoms with Crippen molar-refractivity contribution in [3.05, 3.63) is 31.0 Å². The molecule has 0 atom stereocenters. The lowest BCUT2D eigenvalue weighted by molar-refractivity contribution is 0.256. The van der Waals surface area contributed by atoms with Crippen LogP contribution in [0.25, 0.3) is 0 Å². The molecule has 0 spiro atoms. The monoisotopic (exact) mass is 126 g/mol. The second-order valence-corrected chi connectivity index (χ2v) is 1.01. The van der Waals surface area contributed by atoms with E-state index in [4.69, 9.17) is 4.79 Å². The average molecular weight is 126 g/mol. The van der Waals surface area contributed by atoms with Crippen LogP contribution in [0, 0.1) is 0 Å². The van der Waals surface area contributed by atoms with Gasteiger partial charge in [-0.15, -0.1) is 5.73 Å². The van der Waals surface area contributed by atoms with E-state index in [0.717, 1.165) is 0 Å². The van der Waals surface area contributed by atoms with Gasteiger partial charge in [0.1, 0.15) is 0 Å². The molecule has 0 saturated carbocycles.